The van der Waals surface area contributed by atoms with Crippen LogP contribution in [0.25, 0.3) is 5.69 Å². The SMILES string of the molecule is Cc1ccc(CN(C)C(=O)c2cnn(-c3cccc(C(F)(F)F)c3)c2C)o1. The largest absolute Gasteiger partial charge is 0.464 e. The molecule has 0 saturated carbocycles. The van der Waals surface area contributed by atoms with Crippen LogP contribution in [0, 0.1) is 13.8 Å². The van der Waals surface area contributed by atoms with Crippen molar-refractivity contribution in [1.82, 2.24) is 14.7 Å². The zero-order valence-electron chi connectivity index (χ0n) is 15.0. The molecule has 0 aliphatic carbocycles. The Balaban J connectivity index is 1.85. The molecule has 0 aliphatic rings. The molecule has 5 nitrogen and oxygen atoms in total. The van der Waals surface area contributed by atoms with Crippen molar-refractivity contribution in [3.05, 3.63) is 70.9 Å². The van der Waals surface area contributed by atoms with Crippen molar-refractivity contribution in [3.8, 4) is 5.69 Å². The molecule has 0 unspecified atom stereocenters. The average molecular weight is 377 g/mol. The second kappa shape index (κ2) is 6.94. The third-order valence-corrected chi connectivity index (χ3v) is 4.19. The van der Waals surface area contributed by atoms with E-state index < -0.39 is 11.7 Å². The highest BCUT2D eigenvalue weighted by molar-refractivity contribution is 5.95. The predicted octanol–water partition coefficient (Wildman–Crippen LogP) is 4.37. The van der Waals surface area contributed by atoms with Crippen LogP contribution in [0.4, 0.5) is 13.2 Å². The van der Waals surface area contributed by atoms with E-state index in [2.05, 4.69) is 5.10 Å². The molecule has 2 heterocycles. The molecule has 27 heavy (non-hydrogen) atoms. The van der Waals surface area contributed by atoms with E-state index in [0.29, 0.717) is 17.0 Å². The van der Waals surface area contributed by atoms with Gasteiger partial charge in [0.1, 0.15) is 11.5 Å². The molecule has 3 rings (SSSR count). The molecule has 8 heteroatoms. The molecule has 0 bridgehead atoms. The first-order valence-electron chi connectivity index (χ1n) is 8.20. The maximum atomic E-state index is 12.9. The predicted molar refractivity (Wildman–Crippen MR) is 92.5 cm³/mol. The van der Waals surface area contributed by atoms with Gasteiger partial charge in [-0.2, -0.15) is 18.3 Å². The molecule has 1 aromatic carbocycles. The third kappa shape index (κ3) is 3.89. The number of furan rings is 1. The van der Waals surface area contributed by atoms with Crippen molar-refractivity contribution < 1.29 is 22.4 Å². The zero-order valence-corrected chi connectivity index (χ0v) is 15.0. The molecule has 0 N–H and O–H groups in total. The van der Waals surface area contributed by atoms with Crippen LogP contribution >= 0.6 is 0 Å². The van der Waals surface area contributed by atoms with Crippen LogP contribution in [0.1, 0.15) is 33.1 Å². The second-order valence-corrected chi connectivity index (χ2v) is 6.28. The Labute approximate surface area is 154 Å². The zero-order chi connectivity index (χ0) is 19.8. The lowest BCUT2D eigenvalue weighted by molar-refractivity contribution is -0.137. The number of carbonyl (C=O) groups excluding carboxylic acids is 1. The molecule has 0 atom stereocenters. The number of nitrogens with zero attached hydrogens (tertiary/aromatic N) is 3. The fraction of sp³-hybridized carbons (Fsp3) is 0.263. The number of halogens is 3. The van der Waals surface area contributed by atoms with Gasteiger partial charge >= 0.3 is 6.18 Å². The number of alkyl halides is 3. The Kier molecular flexibility index (Phi) is 4.82. The molecule has 142 valence electrons. The summed E-state index contributed by atoms with van der Waals surface area (Å²) in [6.45, 7) is 3.74. The minimum Gasteiger partial charge on any atom is -0.464 e. The smallest absolute Gasteiger partial charge is 0.416 e. The van der Waals surface area contributed by atoms with E-state index in [-0.39, 0.29) is 18.1 Å². The van der Waals surface area contributed by atoms with Crippen LogP contribution in [-0.4, -0.2) is 27.6 Å². The Morgan fingerprint density at radius 2 is 1.96 bits per heavy atom. The minimum atomic E-state index is -4.45. The Bertz CT molecular complexity index is 973. The van der Waals surface area contributed by atoms with Crippen molar-refractivity contribution in [2.24, 2.45) is 0 Å². The number of aromatic nitrogens is 2. The Hall–Kier alpha value is -3.03. The second-order valence-electron chi connectivity index (χ2n) is 6.28. The summed E-state index contributed by atoms with van der Waals surface area (Å²) in [5, 5.41) is 4.10. The van der Waals surface area contributed by atoms with E-state index in [9.17, 15) is 18.0 Å². The van der Waals surface area contributed by atoms with Gasteiger partial charge in [0.15, 0.2) is 0 Å². The number of rotatable bonds is 4. The number of carbonyl (C=O) groups is 1. The number of aryl methyl sites for hydroxylation is 1. The summed E-state index contributed by atoms with van der Waals surface area (Å²) in [6.07, 6.45) is -3.08. The maximum absolute atomic E-state index is 12.9. The monoisotopic (exact) mass is 377 g/mol. The quantitative estimate of drug-likeness (QED) is 0.678. The summed E-state index contributed by atoms with van der Waals surface area (Å²) in [7, 11) is 1.63. The van der Waals surface area contributed by atoms with E-state index in [4.69, 9.17) is 4.42 Å². The highest BCUT2D eigenvalue weighted by atomic mass is 19.4. The molecule has 0 saturated heterocycles. The first-order valence-corrected chi connectivity index (χ1v) is 8.20. The third-order valence-electron chi connectivity index (χ3n) is 4.19. The van der Waals surface area contributed by atoms with Gasteiger partial charge in [0, 0.05) is 7.05 Å². The summed E-state index contributed by atoms with van der Waals surface area (Å²) in [5.41, 5.74) is 0.249. The number of hydrogen-bond acceptors (Lipinski definition) is 3. The van der Waals surface area contributed by atoms with Gasteiger partial charge < -0.3 is 9.32 Å². The average Bonchev–Trinajstić information content (AvgIpc) is 3.19. The molecule has 3 aromatic rings. The molecular weight excluding hydrogens is 359 g/mol. The number of benzene rings is 1. The van der Waals surface area contributed by atoms with Gasteiger partial charge in [-0.15, -0.1) is 0 Å². The standard InChI is InChI=1S/C19H18F3N3O2/c1-12-7-8-16(27-12)11-24(3)18(26)17-10-23-25(13(17)2)15-6-4-5-14(9-15)19(20,21)22/h4-10H,11H2,1-3H3. The lowest BCUT2D eigenvalue weighted by Gasteiger charge is -2.15. The molecular formula is C19H18F3N3O2. The van der Waals surface area contributed by atoms with E-state index in [1.807, 2.05) is 13.0 Å². The van der Waals surface area contributed by atoms with Crippen LogP contribution < -0.4 is 0 Å². The molecule has 0 spiro atoms. The lowest BCUT2D eigenvalue weighted by Crippen LogP contribution is -2.26. The number of amides is 1. The highest BCUT2D eigenvalue weighted by Crippen LogP contribution is 2.30. The van der Waals surface area contributed by atoms with E-state index in [1.54, 1.807) is 20.0 Å². The van der Waals surface area contributed by atoms with Gasteiger partial charge in [0.2, 0.25) is 0 Å². The summed E-state index contributed by atoms with van der Waals surface area (Å²) >= 11 is 0. The maximum Gasteiger partial charge on any atom is 0.416 e. The summed E-state index contributed by atoms with van der Waals surface area (Å²) < 4.78 is 45.6. The molecule has 1 amide bonds. The minimum absolute atomic E-state index is 0.241. The lowest BCUT2D eigenvalue weighted by atomic mass is 10.2. The Morgan fingerprint density at radius 3 is 2.59 bits per heavy atom. The van der Waals surface area contributed by atoms with Gasteiger partial charge in [-0.05, 0) is 44.2 Å². The van der Waals surface area contributed by atoms with Crippen molar-refractivity contribution in [3.63, 3.8) is 0 Å². The van der Waals surface area contributed by atoms with Crippen molar-refractivity contribution in [2.45, 2.75) is 26.6 Å². The van der Waals surface area contributed by atoms with Gasteiger partial charge in [-0.25, -0.2) is 4.68 Å². The molecule has 0 radical (unpaired) electrons. The molecule has 0 aliphatic heterocycles. The van der Waals surface area contributed by atoms with Crippen LogP contribution in [0.15, 0.2) is 47.0 Å². The van der Waals surface area contributed by atoms with Crippen molar-refractivity contribution in [2.75, 3.05) is 7.05 Å². The van der Waals surface area contributed by atoms with Gasteiger partial charge in [0.05, 0.1) is 35.2 Å². The van der Waals surface area contributed by atoms with Crippen LogP contribution in [0.5, 0.6) is 0 Å². The van der Waals surface area contributed by atoms with E-state index in [0.717, 1.165) is 17.9 Å². The topological polar surface area (TPSA) is 51.3 Å². The van der Waals surface area contributed by atoms with Crippen LogP contribution in [0.3, 0.4) is 0 Å². The van der Waals surface area contributed by atoms with E-state index in [1.165, 1.54) is 27.9 Å². The Morgan fingerprint density at radius 1 is 1.22 bits per heavy atom. The van der Waals surface area contributed by atoms with E-state index >= 15 is 0 Å². The van der Waals surface area contributed by atoms with Crippen LogP contribution in [-0.2, 0) is 12.7 Å². The highest BCUT2D eigenvalue weighted by Gasteiger charge is 2.31. The summed E-state index contributed by atoms with van der Waals surface area (Å²) in [6, 6.07) is 8.42. The van der Waals surface area contributed by atoms with Crippen LogP contribution in [0.2, 0.25) is 0 Å². The number of hydrogen-bond donors (Lipinski definition) is 0. The first-order chi connectivity index (χ1) is 12.7. The first kappa shape index (κ1) is 18.8. The van der Waals surface area contributed by atoms with Gasteiger partial charge in [-0.3, -0.25) is 4.79 Å². The fourth-order valence-electron chi connectivity index (χ4n) is 2.78. The van der Waals surface area contributed by atoms with Crippen molar-refractivity contribution in [1.29, 1.82) is 0 Å². The summed E-state index contributed by atoms with van der Waals surface area (Å²) in [5.74, 6) is 1.10. The molecule has 0 fully saturated rings. The fourth-order valence-corrected chi connectivity index (χ4v) is 2.78. The van der Waals surface area contributed by atoms with Gasteiger partial charge in [0.25, 0.3) is 5.91 Å². The van der Waals surface area contributed by atoms with Gasteiger partial charge in [-0.1, -0.05) is 6.07 Å². The molecule has 2 aromatic heterocycles. The summed E-state index contributed by atoms with van der Waals surface area (Å²) in [4.78, 5) is 14.2. The normalized spacial score (nSPS) is 11.6. The van der Waals surface area contributed by atoms with Crippen molar-refractivity contribution >= 4 is 5.91 Å².